The minimum Gasteiger partial charge on any atom is -0.353 e. The zero-order valence-electron chi connectivity index (χ0n) is 9.05. The van der Waals surface area contributed by atoms with Crippen molar-refractivity contribution in [1.82, 2.24) is 5.32 Å². The molecule has 2 unspecified atom stereocenters. The van der Waals surface area contributed by atoms with Gasteiger partial charge in [0.05, 0.1) is 0 Å². The first-order valence-electron chi connectivity index (χ1n) is 5.03. The van der Waals surface area contributed by atoms with E-state index in [4.69, 9.17) is 12.2 Å². The number of hydrogen-bond donors (Lipinski definition) is 2. The fourth-order valence-corrected chi connectivity index (χ4v) is 1.07. The fourth-order valence-electron chi connectivity index (χ4n) is 1.07. The summed E-state index contributed by atoms with van der Waals surface area (Å²) in [4.78, 5) is 11.3. The Kier molecular flexibility index (Phi) is 6.87. The lowest BCUT2D eigenvalue weighted by Crippen LogP contribution is -2.32. The van der Waals surface area contributed by atoms with E-state index in [-0.39, 0.29) is 11.9 Å². The molecule has 3 nitrogen and oxygen atoms in total. The number of carbonyl (C=O) groups excluding carboxylic acids is 1. The summed E-state index contributed by atoms with van der Waals surface area (Å²) in [7, 11) is 0. The normalized spacial score (nSPS) is 14.1. The first-order chi connectivity index (χ1) is 6.60. The summed E-state index contributed by atoms with van der Waals surface area (Å²) in [5, 5.41) is 2.84. The molecule has 0 aliphatic carbocycles. The largest absolute Gasteiger partial charge is 0.353 e. The van der Waals surface area contributed by atoms with Gasteiger partial charge in [-0.3, -0.25) is 4.79 Å². The summed E-state index contributed by atoms with van der Waals surface area (Å²) in [5.74, 6) is 2.98. The Morgan fingerprint density at radius 2 is 2.21 bits per heavy atom. The number of amides is 1. The van der Waals surface area contributed by atoms with Crippen LogP contribution < -0.4 is 11.1 Å². The molecule has 3 heteroatoms. The van der Waals surface area contributed by atoms with Gasteiger partial charge in [-0.2, -0.15) is 0 Å². The molecule has 0 bridgehead atoms. The molecule has 3 N–H and O–H groups in total. The molecule has 0 saturated heterocycles. The Morgan fingerprint density at radius 1 is 1.57 bits per heavy atom. The van der Waals surface area contributed by atoms with Crippen molar-refractivity contribution >= 4 is 5.91 Å². The van der Waals surface area contributed by atoms with Crippen molar-refractivity contribution < 1.29 is 4.79 Å². The van der Waals surface area contributed by atoms with Gasteiger partial charge in [0.2, 0.25) is 5.91 Å². The molecule has 0 heterocycles. The van der Waals surface area contributed by atoms with Crippen molar-refractivity contribution in [2.45, 2.75) is 39.2 Å². The number of rotatable bonds is 6. The maximum absolute atomic E-state index is 11.3. The minimum atomic E-state index is 0.0630. The molecule has 0 aliphatic rings. The van der Waals surface area contributed by atoms with E-state index in [2.05, 4.69) is 11.2 Å². The first kappa shape index (κ1) is 13.0. The molecule has 0 saturated carbocycles. The van der Waals surface area contributed by atoms with Crippen LogP contribution in [0, 0.1) is 18.3 Å². The van der Waals surface area contributed by atoms with Gasteiger partial charge in [-0.15, -0.1) is 12.3 Å². The van der Waals surface area contributed by atoms with E-state index in [1.54, 1.807) is 0 Å². The molecule has 14 heavy (non-hydrogen) atoms. The van der Waals surface area contributed by atoms with Gasteiger partial charge >= 0.3 is 0 Å². The molecule has 0 spiro atoms. The number of carbonyl (C=O) groups is 1. The van der Waals surface area contributed by atoms with Crippen molar-refractivity contribution in [3.8, 4) is 12.3 Å². The van der Waals surface area contributed by atoms with Crippen LogP contribution in [0.2, 0.25) is 0 Å². The molecular weight excluding hydrogens is 176 g/mol. The smallest absolute Gasteiger partial charge is 0.220 e. The van der Waals surface area contributed by atoms with Gasteiger partial charge < -0.3 is 11.1 Å². The first-order valence-corrected chi connectivity index (χ1v) is 5.03. The maximum atomic E-state index is 11.3. The Labute approximate surface area is 86.4 Å². The molecule has 1 amide bonds. The highest BCUT2D eigenvalue weighted by atomic mass is 16.1. The highest BCUT2D eigenvalue weighted by Crippen LogP contribution is 2.03. The Hall–Kier alpha value is -1.01. The van der Waals surface area contributed by atoms with Gasteiger partial charge in [-0.25, -0.2) is 0 Å². The van der Waals surface area contributed by atoms with Crippen LogP contribution in [0.25, 0.3) is 0 Å². The lowest BCUT2D eigenvalue weighted by Gasteiger charge is -2.12. The van der Waals surface area contributed by atoms with E-state index < -0.39 is 0 Å². The molecule has 0 radical (unpaired) electrons. The number of nitrogens with one attached hydrogen (secondary N) is 1. The summed E-state index contributed by atoms with van der Waals surface area (Å²) in [6.45, 7) is 4.58. The maximum Gasteiger partial charge on any atom is 0.220 e. The lowest BCUT2D eigenvalue weighted by molar-refractivity contribution is -0.121. The Balaban J connectivity index is 3.61. The van der Waals surface area contributed by atoms with Gasteiger partial charge in [0.1, 0.15) is 0 Å². The second-order valence-electron chi connectivity index (χ2n) is 3.76. The summed E-state index contributed by atoms with van der Waals surface area (Å²) in [6.07, 6.45) is 7.09. The minimum absolute atomic E-state index is 0.0630. The lowest BCUT2D eigenvalue weighted by atomic mass is 10.1. The van der Waals surface area contributed by atoms with E-state index in [0.717, 1.165) is 6.42 Å². The highest BCUT2D eigenvalue weighted by Gasteiger charge is 2.07. The Bertz CT molecular complexity index is 208. The monoisotopic (exact) mass is 196 g/mol. The van der Waals surface area contributed by atoms with Crippen molar-refractivity contribution in [1.29, 1.82) is 0 Å². The molecule has 0 aromatic carbocycles. The summed E-state index contributed by atoms with van der Waals surface area (Å²) >= 11 is 0. The standard InChI is InChI=1S/C11H20N2O/c1-4-5-10(3)13-11(14)7-6-9(2)8-12/h1,9-10H,5-8,12H2,2-3H3,(H,13,14). The van der Waals surface area contributed by atoms with E-state index in [9.17, 15) is 4.79 Å². The fraction of sp³-hybridized carbons (Fsp3) is 0.727. The SMILES string of the molecule is C#CCC(C)NC(=O)CCC(C)CN. The summed E-state index contributed by atoms with van der Waals surface area (Å²) in [5.41, 5.74) is 5.45. The summed E-state index contributed by atoms with van der Waals surface area (Å²) < 4.78 is 0. The second kappa shape index (κ2) is 7.40. The predicted molar refractivity (Wildman–Crippen MR) is 58.5 cm³/mol. The third kappa shape index (κ3) is 6.50. The number of terminal acetylenes is 1. The van der Waals surface area contributed by atoms with Crippen LogP contribution in [-0.4, -0.2) is 18.5 Å². The number of hydrogen-bond acceptors (Lipinski definition) is 2. The zero-order valence-corrected chi connectivity index (χ0v) is 9.05. The predicted octanol–water partition coefficient (Wildman–Crippen LogP) is 0.889. The molecule has 0 aliphatic heterocycles. The Morgan fingerprint density at radius 3 is 2.71 bits per heavy atom. The molecule has 2 atom stereocenters. The van der Waals surface area contributed by atoms with Crippen LogP contribution in [0.4, 0.5) is 0 Å². The second-order valence-corrected chi connectivity index (χ2v) is 3.76. The van der Waals surface area contributed by atoms with Crippen molar-refractivity contribution in [2.24, 2.45) is 11.7 Å². The van der Waals surface area contributed by atoms with E-state index in [1.165, 1.54) is 0 Å². The third-order valence-corrected chi connectivity index (χ3v) is 2.10. The molecule has 0 aromatic rings. The molecule has 80 valence electrons. The van der Waals surface area contributed by atoms with Crippen LogP contribution in [0.3, 0.4) is 0 Å². The van der Waals surface area contributed by atoms with Crippen LogP contribution in [-0.2, 0) is 4.79 Å². The molecule has 0 rings (SSSR count). The molecule has 0 aromatic heterocycles. The van der Waals surface area contributed by atoms with E-state index >= 15 is 0 Å². The molecular formula is C11H20N2O. The average molecular weight is 196 g/mol. The zero-order chi connectivity index (χ0) is 11.0. The average Bonchev–Trinajstić information content (AvgIpc) is 2.14. The third-order valence-electron chi connectivity index (χ3n) is 2.10. The highest BCUT2D eigenvalue weighted by molar-refractivity contribution is 5.76. The van der Waals surface area contributed by atoms with Crippen molar-refractivity contribution in [3.05, 3.63) is 0 Å². The van der Waals surface area contributed by atoms with Gasteiger partial charge in [-0.05, 0) is 25.8 Å². The van der Waals surface area contributed by atoms with Crippen LogP contribution in [0.15, 0.2) is 0 Å². The van der Waals surface area contributed by atoms with Crippen LogP contribution in [0.1, 0.15) is 33.1 Å². The molecule has 0 fully saturated rings. The van der Waals surface area contributed by atoms with Crippen molar-refractivity contribution in [3.63, 3.8) is 0 Å². The quantitative estimate of drug-likeness (QED) is 0.620. The van der Waals surface area contributed by atoms with Crippen LogP contribution in [0.5, 0.6) is 0 Å². The van der Waals surface area contributed by atoms with Gasteiger partial charge in [0, 0.05) is 18.9 Å². The van der Waals surface area contributed by atoms with Gasteiger partial charge in [-0.1, -0.05) is 6.92 Å². The topological polar surface area (TPSA) is 55.1 Å². The summed E-state index contributed by atoms with van der Waals surface area (Å²) in [6, 6.07) is 0.0701. The van der Waals surface area contributed by atoms with Crippen molar-refractivity contribution in [2.75, 3.05) is 6.54 Å². The van der Waals surface area contributed by atoms with Gasteiger partial charge in [0.25, 0.3) is 0 Å². The number of nitrogens with two attached hydrogens (primary N) is 1. The van der Waals surface area contributed by atoms with E-state index in [0.29, 0.717) is 25.3 Å². The van der Waals surface area contributed by atoms with Crippen LogP contribution >= 0.6 is 0 Å². The van der Waals surface area contributed by atoms with E-state index in [1.807, 2.05) is 13.8 Å². The van der Waals surface area contributed by atoms with Gasteiger partial charge in [0.15, 0.2) is 0 Å².